The third-order valence-electron chi connectivity index (χ3n) is 5.28. The zero-order valence-electron chi connectivity index (χ0n) is 17.1. The summed E-state index contributed by atoms with van der Waals surface area (Å²) < 4.78 is 7.12. The van der Waals surface area contributed by atoms with E-state index in [0.717, 1.165) is 20.9 Å². The fourth-order valence-corrected chi connectivity index (χ4v) is 3.93. The number of nitrogens with one attached hydrogen (secondary N) is 2. The van der Waals surface area contributed by atoms with Gasteiger partial charge in [0.2, 0.25) is 0 Å². The van der Waals surface area contributed by atoms with Crippen molar-refractivity contribution >= 4 is 46.8 Å². The van der Waals surface area contributed by atoms with Crippen LogP contribution in [0.5, 0.6) is 0 Å². The maximum atomic E-state index is 12.5. The Balaban J connectivity index is 1.93. The third kappa shape index (κ3) is 5.52. The molecule has 0 atom stereocenters. The molecule has 1 aromatic heterocycles. The first-order chi connectivity index (χ1) is 12.5. The minimum absolute atomic E-state index is 0.138. The van der Waals surface area contributed by atoms with Crippen LogP contribution in [0.2, 0.25) is 18.1 Å². The van der Waals surface area contributed by atoms with Crippen LogP contribution in [0.1, 0.15) is 26.3 Å². The molecule has 148 valence electrons. The van der Waals surface area contributed by atoms with Crippen molar-refractivity contribution < 1.29 is 9.22 Å². The maximum absolute atomic E-state index is 12.5. The number of fused-ring (bicyclic) bond motifs is 1. The van der Waals surface area contributed by atoms with Gasteiger partial charge in [0.15, 0.2) is 8.32 Å². The monoisotopic (exact) mass is 451 g/mol. The van der Waals surface area contributed by atoms with Crippen molar-refractivity contribution in [3.63, 3.8) is 0 Å². The molecule has 27 heavy (non-hydrogen) atoms. The van der Waals surface area contributed by atoms with Gasteiger partial charge in [-0.15, -0.1) is 0 Å². The van der Waals surface area contributed by atoms with Gasteiger partial charge in [-0.3, -0.25) is 9.79 Å². The number of aromatic amines is 1. The fourth-order valence-electron chi connectivity index (χ4n) is 2.53. The molecule has 0 fully saturated rings. The van der Waals surface area contributed by atoms with Crippen LogP contribution < -0.4 is 5.32 Å². The third-order valence-corrected chi connectivity index (χ3v) is 10.3. The molecule has 0 unspecified atom stereocenters. The lowest BCUT2D eigenvalue weighted by atomic mass is 10.1. The first-order valence-electron chi connectivity index (χ1n) is 9.18. The lowest BCUT2D eigenvalue weighted by Crippen LogP contribution is -2.43. The Labute approximate surface area is 171 Å². The predicted molar refractivity (Wildman–Crippen MR) is 119 cm³/mol. The summed E-state index contributed by atoms with van der Waals surface area (Å²) in [5.74, 6) is -0.138. The zero-order valence-corrected chi connectivity index (χ0v) is 19.7. The summed E-state index contributed by atoms with van der Waals surface area (Å²) >= 11 is 3.50. The Kier molecular flexibility index (Phi) is 7.05. The highest BCUT2D eigenvalue weighted by atomic mass is 79.9. The second-order valence-corrected chi connectivity index (χ2v) is 13.9. The molecule has 5 nitrogen and oxygen atoms in total. The summed E-state index contributed by atoms with van der Waals surface area (Å²) in [6, 6.07) is 6.07. The number of aromatic nitrogens is 1. The molecular weight excluding hydrogens is 422 g/mol. The number of carbonyl (C=O) groups excluding carboxylic acids is 1. The molecule has 7 heteroatoms. The van der Waals surface area contributed by atoms with Crippen molar-refractivity contribution in [2.24, 2.45) is 4.99 Å². The topological polar surface area (TPSA) is 66.5 Å². The molecule has 0 radical (unpaired) electrons. The van der Waals surface area contributed by atoms with Gasteiger partial charge in [-0.25, -0.2) is 0 Å². The minimum Gasteiger partial charge on any atom is -0.415 e. The summed E-state index contributed by atoms with van der Waals surface area (Å²) in [6.45, 7) is 12.1. The number of nitrogens with zero attached hydrogens (tertiary/aromatic N) is 1. The highest BCUT2D eigenvalue weighted by Crippen LogP contribution is 2.36. The standard InChI is InChI=1S/C20H30BrN3O2Si/c1-20(2,3)27(5,6)26-10-9-23-19(25)18(22-4)11-14-13-24-17-8-7-15(21)12-16(14)17/h7-8,12-13,24H,9-11H2,1-6H3,(H,23,25). The van der Waals surface area contributed by atoms with Gasteiger partial charge in [0.25, 0.3) is 5.91 Å². The van der Waals surface area contributed by atoms with Crippen LogP contribution in [0, 0.1) is 0 Å². The quantitative estimate of drug-likeness (QED) is 0.364. The van der Waals surface area contributed by atoms with Crippen molar-refractivity contribution in [2.75, 3.05) is 20.2 Å². The van der Waals surface area contributed by atoms with Crippen molar-refractivity contribution in [3.05, 3.63) is 34.4 Å². The number of hydrogen-bond donors (Lipinski definition) is 2. The highest BCUT2D eigenvalue weighted by molar-refractivity contribution is 9.10. The highest BCUT2D eigenvalue weighted by Gasteiger charge is 2.36. The molecule has 2 aromatic rings. The van der Waals surface area contributed by atoms with E-state index in [-0.39, 0.29) is 10.9 Å². The Morgan fingerprint density at radius 1 is 1.33 bits per heavy atom. The number of aliphatic imine (C=N–C) groups is 1. The van der Waals surface area contributed by atoms with Crippen LogP contribution >= 0.6 is 15.9 Å². The van der Waals surface area contributed by atoms with Crippen molar-refractivity contribution in [2.45, 2.75) is 45.3 Å². The van der Waals surface area contributed by atoms with E-state index in [1.165, 1.54) is 0 Å². The van der Waals surface area contributed by atoms with Crippen LogP contribution in [0.4, 0.5) is 0 Å². The normalized spacial score (nSPS) is 13.2. The minimum atomic E-state index is -1.79. The summed E-state index contributed by atoms with van der Waals surface area (Å²) in [7, 11) is -0.132. The Hall–Kier alpha value is -1.44. The fraction of sp³-hybridized carbons (Fsp3) is 0.500. The van der Waals surface area contributed by atoms with Crippen LogP contribution in [0.25, 0.3) is 10.9 Å². The molecule has 1 amide bonds. The smallest absolute Gasteiger partial charge is 0.265 e. The van der Waals surface area contributed by atoms with Gasteiger partial charge in [-0.2, -0.15) is 0 Å². The van der Waals surface area contributed by atoms with E-state index >= 15 is 0 Å². The average molecular weight is 452 g/mol. The molecule has 0 saturated heterocycles. The Morgan fingerprint density at radius 2 is 2.04 bits per heavy atom. The number of H-pyrrole nitrogens is 1. The number of carbonyl (C=O) groups is 1. The first kappa shape index (κ1) is 21.9. The number of rotatable bonds is 7. The van der Waals surface area contributed by atoms with Crippen molar-refractivity contribution in [3.8, 4) is 0 Å². The van der Waals surface area contributed by atoms with Crippen LogP contribution in [0.3, 0.4) is 0 Å². The Bertz CT molecular complexity index is 837. The molecule has 2 rings (SSSR count). The number of hydrogen-bond acceptors (Lipinski definition) is 3. The molecule has 0 bridgehead atoms. The van der Waals surface area contributed by atoms with E-state index in [1.54, 1.807) is 7.05 Å². The lowest BCUT2D eigenvalue weighted by Gasteiger charge is -2.36. The molecule has 0 saturated carbocycles. The van der Waals surface area contributed by atoms with E-state index in [0.29, 0.717) is 25.3 Å². The molecule has 0 aliphatic carbocycles. The van der Waals surface area contributed by atoms with Gasteiger partial charge in [-0.05, 0) is 41.9 Å². The number of amides is 1. The van der Waals surface area contributed by atoms with Gasteiger partial charge < -0.3 is 14.7 Å². The van der Waals surface area contributed by atoms with Crippen molar-refractivity contribution in [1.82, 2.24) is 10.3 Å². The van der Waals surface area contributed by atoms with E-state index in [9.17, 15) is 4.79 Å². The average Bonchev–Trinajstić information content (AvgIpc) is 2.97. The van der Waals surface area contributed by atoms with E-state index in [1.807, 2.05) is 18.3 Å². The maximum Gasteiger partial charge on any atom is 0.265 e. The molecule has 0 aliphatic rings. The van der Waals surface area contributed by atoms with Crippen molar-refractivity contribution in [1.29, 1.82) is 0 Å². The number of halogens is 1. The Morgan fingerprint density at radius 3 is 2.67 bits per heavy atom. The second kappa shape index (κ2) is 8.71. The molecule has 0 spiro atoms. The lowest BCUT2D eigenvalue weighted by molar-refractivity contribution is -0.115. The number of benzene rings is 1. The van der Waals surface area contributed by atoms with Crippen LogP contribution in [-0.2, 0) is 15.6 Å². The summed E-state index contributed by atoms with van der Waals surface area (Å²) in [5, 5.41) is 4.20. The molecule has 1 aromatic carbocycles. The summed E-state index contributed by atoms with van der Waals surface area (Å²) in [4.78, 5) is 20.0. The van der Waals surface area contributed by atoms with Gasteiger partial charge >= 0.3 is 0 Å². The van der Waals surface area contributed by atoms with Crippen LogP contribution in [0.15, 0.2) is 33.9 Å². The molecule has 2 N–H and O–H groups in total. The molecule has 1 heterocycles. The first-order valence-corrected chi connectivity index (χ1v) is 12.9. The van der Waals surface area contributed by atoms with Gasteiger partial charge in [0, 0.05) is 41.6 Å². The zero-order chi connectivity index (χ0) is 20.2. The van der Waals surface area contributed by atoms with Gasteiger partial charge in [-0.1, -0.05) is 36.7 Å². The van der Waals surface area contributed by atoms with Gasteiger partial charge in [0.1, 0.15) is 5.71 Å². The van der Waals surface area contributed by atoms with Crippen LogP contribution in [-0.4, -0.2) is 45.1 Å². The summed E-state index contributed by atoms with van der Waals surface area (Å²) in [5.41, 5.74) is 2.62. The van der Waals surface area contributed by atoms with E-state index in [2.05, 4.69) is 71.2 Å². The molecule has 0 aliphatic heterocycles. The summed E-state index contributed by atoms with van der Waals surface area (Å²) in [6.07, 6.45) is 2.43. The largest absolute Gasteiger partial charge is 0.415 e. The molecular formula is C20H30BrN3O2Si. The van der Waals surface area contributed by atoms with Gasteiger partial charge in [0.05, 0.1) is 6.61 Å². The second-order valence-electron chi connectivity index (χ2n) is 8.22. The van der Waals surface area contributed by atoms with E-state index < -0.39 is 8.32 Å². The SMILES string of the molecule is CN=C(Cc1c[nH]c2ccc(Br)cc12)C(=O)NCCO[Si](C)(C)C(C)(C)C. The predicted octanol–water partition coefficient (Wildman–Crippen LogP) is 4.68. The van der Waals surface area contributed by atoms with E-state index in [4.69, 9.17) is 4.43 Å².